The summed E-state index contributed by atoms with van der Waals surface area (Å²) in [5, 5.41) is 2.53. The van der Waals surface area contributed by atoms with Crippen molar-refractivity contribution in [1.29, 1.82) is 0 Å². The number of benzene rings is 2. The van der Waals surface area contributed by atoms with Crippen LogP contribution in [0.4, 0.5) is 18.2 Å². The Morgan fingerprint density at radius 1 is 1.10 bits per heavy atom. The Morgan fingerprint density at radius 2 is 1.77 bits per heavy atom. The summed E-state index contributed by atoms with van der Waals surface area (Å²) in [5.41, 5.74) is 0.121. The van der Waals surface area contributed by atoms with Crippen LogP contribution in [0.1, 0.15) is 44.0 Å². The third-order valence-corrected chi connectivity index (χ3v) is 5.98. The number of ketones is 1. The van der Waals surface area contributed by atoms with E-state index in [-0.39, 0.29) is 28.3 Å². The summed E-state index contributed by atoms with van der Waals surface area (Å²) in [6, 6.07) is 10.1. The van der Waals surface area contributed by atoms with Gasteiger partial charge < -0.3 is 5.32 Å². The van der Waals surface area contributed by atoms with E-state index in [0.29, 0.717) is 17.1 Å². The van der Waals surface area contributed by atoms with Crippen molar-refractivity contribution in [2.75, 3.05) is 5.32 Å². The van der Waals surface area contributed by atoms with Crippen LogP contribution in [0.5, 0.6) is 0 Å². The van der Waals surface area contributed by atoms with Gasteiger partial charge in [-0.05, 0) is 54.7 Å². The lowest BCUT2D eigenvalue weighted by molar-refractivity contribution is -0.137. The number of anilines is 1. The van der Waals surface area contributed by atoms with E-state index in [0.717, 1.165) is 29.2 Å². The van der Waals surface area contributed by atoms with Crippen LogP contribution < -0.4 is 5.32 Å². The lowest BCUT2D eigenvalue weighted by Gasteiger charge is -2.12. The molecule has 1 aromatic heterocycles. The van der Waals surface area contributed by atoms with E-state index in [2.05, 4.69) is 9.69 Å². The highest BCUT2D eigenvalue weighted by Crippen LogP contribution is 2.36. The second-order valence-electron chi connectivity index (χ2n) is 6.64. The lowest BCUT2D eigenvalue weighted by Crippen LogP contribution is -2.16. The lowest BCUT2D eigenvalue weighted by atomic mass is 10.0. The molecular formula is C21H15Cl2F3N2O2S. The van der Waals surface area contributed by atoms with Gasteiger partial charge in [-0.1, -0.05) is 41.4 Å². The molecule has 0 bridgehead atoms. The maximum Gasteiger partial charge on any atom is 0.417 e. The van der Waals surface area contributed by atoms with Crippen LogP contribution in [0.3, 0.4) is 0 Å². The van der Waals surface area contributed by atoms with E-state index in [1.54, 1.807) is 19.1 Å². The molecular weight excluding hydrogens is 472 g/mol. The number of aromatic nitrogens is 1. The SMILES string of the molecule is Cc1nsc(NC(=O)c2cccc(C(F)(F)F)c2Cl)c1C(=O)CCc1ccc(Cl)cc1. The highest BCUT2D eigenvalue weighted by molar-refractivity contribution is 7.11. The Balaban J connectivity index is 1.79. The van der Waals surface area contributed by atoms with Gasteiger partial charge in [0.2, 0.25) is 0 Å². The van der Waals surface area contributed by atoms with E-state index in [1.165, 1.54) is 6.07 Å². The highest BCUT2D eigenvalue weighted by Gasteiger charge is 2.35. The molecule has 0 aliphatic heterocycles. The molecule has 0 fully saturated rings. The average Bonchev–Trinajstić information content (AvgIpc) is 3.06. The molecule has 0 unspecified atom stereocenters. The third-order valence-electron chi connectivity index (χ3n) is 4.47. The van der Waals surface area contributed by atoms with Crippen LogP contribution in [-0.2, 0) is 12.6 Å². The first-order valence-electron chi connectivity index (χ1n) is 8.99. The van der Waals surface area contributed by atoms with E-state index in [9.17, 15) is 22.8 Å². The van der Waals surface area contributed by atoms with Gasteiger partial charge in [-0.2, -0.15) is 17.5 Å². The topological polar surface area (TPSA) is 59.1 Å². The molecule has 0 radical (unpaired) electrons. The Morgan fingerprint density at radius 3 is 2.42 bits per heavy atom. The zero-order valence-electron chi connectivity index (χ0n) is 16.0. The van der Waals surface area contributed by atoms with Crippen molar-refractivity contribution in [2.45, 2.75) is 25.9 Å². The van der Waals surface area contributed by atoms with Gasteiger partial charge in [0.25, 0.3) is 5.91 Å². The van der Waals surface area contributed by atoms with E-state index < -0.39 is 22.7 Å². The third kappa shape index (κ3) is 5.44. The van der Waals surface area contributed by atoms with Gasteiger partial charge >= 0.3 is 6.18 Å². The highest BCUT2D eigenvalue weighted by atomic mass is 35.5. The number of rotatable bonds is 6. The van der Waals surface area contributed by atoms with Crippen molar-refractivity contribution in [3.63, 3.8) is 0 Å². The summed E-state index contributed by atoms with van der Waals surface area (Å²) in [6.45, 7) is 1.62. The fourth-order valence-corrected chi connectivity index (χ4v) is 4.17. The Hall–Kier alpha value is -2.42. The maximum absolute atomic E-state index is 13.1. The van der Waals surface area contributed by atoms with Gasteiger partial charge in [0, 0.05) is 11.4 Å². The quantitative estimate of drug-likeness (QED) is 0.387. The largest absolute Gasteiger partial charge is 0.417 e. The molecule has 1 amide bonds. The molecule has 0 aliphatic rings. The number of alkyl halides is 3. The van der Waals surface area contributed by atoms with Crippen molar-refractivity contribution < 1.29 is 22.8 Å². The molecule has 0 saturated heterocycles. The number of halogens is 5. The minimum atomic E-state index is -4.70. The molecule has 0 saturated carbocycles. The predicted molar refractivity (Wildman–Crippen MR) is 115 cm³/mol. The molecule has 2 aromatic carbocycles. The first-order valence-corrected chi connectivity index (χ1v) is 10.5. The normalized spacial score (nSPS) is 11.4. The van der Waals surface area contributed by atoms with Crippen molar-refractivity contribution in [1.82, 2.24) is 4.37 Å². The van der Waals surface area contributed by atoms with Crippen LogP contribution in [0.25, 0.3) is 0 Å². The molecule has 162 valence electrons. The van der Waals surface area contributed by atoms with Gasteiger partial charge in [0.15, 0.2) is 5.78 Å². The number of aryl methyl sites for hydroxylation is 2. The smallest absolute Gasteiger partial charge is 0.312 e. The van der Waals surface area contributed by atoms with Crippen LogP contribution in [0.15, 0.2) is 42.5 Å². The molecule has 0 spiro atoms. The summed E-state index contributed by atoms with van der Waals surface area (Å²) in [7, 11) is 0. The van der Waals surface area contributed by atoms with Crippen LogP contribution in [0, 0.1) is 6.92 Å². The number of nitrogens with one attached hydrogen (secondary N) is 1. The zero-order chi connectivity index (χ0) is 22.8. The fourth-order valence-electron chi connectivity index (χ4n) is 2.91. The molecule has 1 N–H and O–H groups in total. The number of amides is 1. The molecule has 3 rings (SSSR count). The molecule has 1 heterocycles. The molecule has 3 aromatic rings. The van der Waals surface area contributed by atoms with E-state index in [1.807, 2.05) is 12.1 Å². The first kappa shape index (κ1) is 23.2. The van der Waals surface area contributed by atoms with Crippen molar-refractivity contribution in [3.05, 3.63) is 80.5 Å². The first-order chi connectivity index (χ1) is 14.6. The summed E-state index contributed by atoms with van der Waals surface area (Å²) in [5.74, 6) is -1.10. The zero-order valence-corrected chi connectivity index (χ0v) is 18.3. The van der Waals surface area contributed by atoms with Gasteiger partial charge in [0.1, 0.15) is 5.00 Å². The Bertz CT molecular complexity index is 1130. The van der Waals surface area contributed by atoms with Crippen LogP contribution in [0.2, 0.25) is 10.0 Å². The number of carbonyl (C=O) groups excluding carboxylic acids is 2. The van der Waals surface area contributed by atoms with Crippen LogP contribution in [-0.4, -0.2) is 16.1 Å². The number of hydrogen-bond donors (Lipinski definition) is 1. The van der Waals surface area contributed by atoms with E-state index in [4.69, 9.17) is 23.2 Å². The van der Waals surface area contributed by atoms with Gasteiger partial charge in [-0.25, -0.2) is 0 Å². The average molecular weight is 487 g/mol. The number of Topliss-reactive ketones (excluding diaryl/α,β-unsaturated/α-hetero) is 1. The Kier molecular flexibility index (Phi) is 7.03. The summed E-state index contributed by atoms with van der Waals surface area (Å²) < 4.78 is 43.3. The predicted octanol–water partition coefficient (Wildman–Crippen LogP) is 6.84. The molecule has 10 heteroatoms. The maximum atomic E-state index is 13.1. The van der Waals surface area contributed by atoms with Crippen molar-refractivity contribution in [2.24, 2.45) is 0 Å². The second-order valence-corrected chi connectivity index (χ2v) is 8.23. The minimum absolute atomic E-state index is 0.161. The van der Waals surface area contributed by atoms with Crippen molar-refractivity contribution in [3.8, 4) is 0 Å². The molecule has 4 nitrogen and oxygen atoms in total. The number of hydrogen-bond acceptors (Lipinski definition) is 4. The van der Waals surface area contributed by atoms with Crippen molar-refractivity contribution >= 4 is 51.4 Å². The molecule has 31 heavy (non-hydrogen) atoms. The van der Waals surface area contributed by atoms with Crippen LogP contribution >= 0.6 is 34.7 Å². The number of nitrogens with zero attached hydrogens (tertiary/aromatic N) is 1. The van der Waals surface area contributed by atoms with Gasteiger partial charge in [0.05, 0.1) is 27.4 Å². The van der Waals surface area contributed by atoms with Gasteiger partial charge in [-0.3, -0.25) is 9.59 Å². The minimum Gasteiger partial charge on any atom is -0.312 e. The summed E-state index contributed by atoms with van der Waals surface area (Å²) >= 11 is 12.6. The second kappa shape index (κ2) is 9.38. The standard InChI is InChI=1S/C21H15Cl2F3N2O2S/c1-11-17(16(29)10-7-12-5-8-13(22)9-6-12)20(31-28-11)27-19(30)14-3-2-4-15(18(14)23)21(24,25)26/h2-6,8-9H,7,10H2,1H3,(H,27,30). The monoisotopic (exact) mass is 486 g/mol. The Labute approximate surface area is 190 Å². The molecule has 0 atom stereocenters. The van der Waals surface area contributed by atoms with Gasteiger partial charge in [-0.15, -0.1) is 0 Å². The van der Waals surface area contributed by atoms with E-state index >= 15 is 0 Å². The summed E-state index contributed by atoms with van der Waals surface area (Å²) in [6.07, 6.45) is -4.08. The fraction of sp³-hybridized carbons (Fsp3) is 0.190. The number of carbonyl (C=O) groups is 2. The summed E-state index contributed by atoms with van der Waals surface area (Å²) in [4.78, 5) is 25.4. The molecule has 0 aliphatic carbocycles.